The van der Waals surface area contributed by atoms with Crippen molar-refractivity contribution in [3.05, 3.63) is 5.51 Å². The van der Waals surface area contributed by atoms with Gasteiger partial charge in [0.2, 0.25) is 5.13 Å². The number of hydrogen-bond acceptors (Lipinski definition) is 4. The molecule has 0 spiro atoms. The molecule has 0 bridgehead atoms. The third-order valence-corrected chi connectivity index (χ3v) is 2.21. The van der Waals surface area contributed by atoms with Crippen molar-refractivity contribution in [3.8, 4) is 0 Å². The van der Waals surface area contributed by atoms with E-state index in [2.05, 4.69) is 22.4 Å². The lowest BCUT2D eigenvalue weighted by molar-refractivity contribution is 0.694. The van der Waals surface area contributed by atoms with Gasteiger partial charge < -0.3 is 5.32 Å². The summed E-state index contributed by atoms with van der Waals surface area (Å²) in [6.45, 7) is 4.07. The molecule has 5 heteroatoms. The Morgan fingerprint density at radius 3 is 2.92 bits per heavy atom. The van der Waals surface area contributed by atoms with Gasteiger partial charge in [0.25, 0.3) is 0 Å². The van der Waals surface area contributed by atoms with Crippen LogP contribution in [0.25, 0.3) is 0 Å². The Balaban J connectivity index is 2.32. The molecule has 2 unspecified atom stereocenters. The highest BCUT2D eigenvalue weighted by molar-refractivity contribution is 7.13. The van der Waals surface area contributed by atoms with Gasteiger partial charge in [-0.05, 0) is 20.3 Å². The Morgan fingerprint density at radius 2 is 2.42 bits per heavy atom. The zero-order valence-corrected chi connectivity index (χ0v) is 8.69. The highest BCUT2D eigenvalue weighted by atomic mass is 35.5. The van der Waals surface area contributed by atoms with Crippen LogP contribution < -0.4 is 5.32 Å². The molecular formula is C7H12ClN3S. The molecule has 0 aliphatic carbocycles. The topological polar surface area (TPSA) is 37.8 Å². The van der Waals surface area contributed by atoms with Crippen LogP contribution in [0.5, 0.6) is 0 Å². The van der Waals surface area contributed by atoms with Crippen molar-refractivity contribution in [1.29, 1.82) is 0 Å². The smallest absolute Gasteiger partial charge is 0.205 e. The predicted molar refractivity (Wildman–Crippen MR) is 52.9 cm³/mol. The van der Waals surface area contributed by atoms with Crippen molar-refractivity contribution in [2.75, 3.05) is 5.32 Å². The standard InChI is InChI=1S/C7H12ClN3S/c1-5(8)3-6(2)10-7-11-9-4-12-7/h4-6H,3H2,1-2H3,(H,10,11). The SMILES string of the molecule is CC(Cl)CC(C)Nc1nncs1. The fraction of sp³-hybridized carbons (Fsp3) is 0.714. The van der Waals surface area contributed by atoms with Crippen molar-refractivity contribution in [3.63, 3.8) is 0 Å². The number of alkyl halides is 1. The van der Waals surface area contributed by atoms with Crippen molar-refractivity contribution in [2.24, 2.45) is 0 Å². The molecule has 1 heterocycles. The van der Waals surface area contributed by atoms with Crippen molar-refractivity contribution >= 4 is 28.1 Å². The molecule has 0 saturated carbocycles. The van der Waals surface area contributed by atoms with E-state index in [0.717, 1.165) is 11.6 Å². The van der Waals surface area contributed by atoms with E-state index in [0.29, 0.717) is 6.04 Å². The van der Waals surface area contributed by atoms with Crippen LogP contribution in [0, 0.1) is 0 Å². The van der Waals surface area contributed by atoms with Crippen molar-refractivity contribution in [2.45, 2.75) is 31.7 Å². The lowest BCUT2D eigenvalue weighted by Gasteiger charge is -2.12. The number of halogens is 1. The lowest BCUT2D eigenvalue weighted by Crippen LogP contribution is -2.18. The van der Waals surface area contributed by atoms with Gasteiger partial charge in [-0.2, -0.15) is 0 Å². The van der Waals surface area contributed by atoms with E-state index in [1.54, 1.807) is 5.51 Å². The van der Waals surface area contributed by atoms with Gasteiger partial charge in [-0.1, -0.05) is 11.3 Å². The van der Waals surface area contributed by atoms with Crippen LogP contribution in [-0.4, -0.2) is 21.6 Å². The van der Waals surface area contributed by atoms with E-state index >= 15 is 0 Å². The van der Waals surface area contributed by atoms with Gasteiger partial charge >= 0.3 is 0 Å². The lowest BCUT2D eigenvalue weighted by atomic mass is 10.2. The maximum atomic E-state index is 5.84. The predicted octanol–water partition coefficient (Wildman–Crippen LogP) is 2.36. The van der Waals surface area contributed by atoms with E-state index < -0.39 is 0 Å². The molecule has 0 aromatic carbocycles. The molecule has 1 aromatic rings. The van der Waals surface area contributed by atoms with E-state index in [-0.39, 0.29) is 5.38 Å². The summed E-state index contributed by atoms with van der Waals surface area (Å²) < 4.78 is 0. The van der Waals surface area contributed by atoms with Crippen LogP contribution in [0.1, 0.15) is 20.3 Å². The molecule has 2 atom stereocenters. The highest BCUT2D eigenvalue weighted by Crippen LogP contribution is 2.13. The summed E-state index contributed by atoms with van der Waals surface area (Å²) in [5.74, 6) is 0. The van der Waals surface area contributed by atoms with Gasteiger partial charge in [0.15, 0.2) is 0 Å². The van der Waals surface area contributed by atoms with Crippen molar-refractivity contribution in [1.82, 2.24) is 10.2 Å². The van der Waals surface area contributed by atoms with Gasteiger partial charge in [0, 0.05) is 11.4 Å². The van der Waals surface area contributed by atoms with Crippen LogP contribution in [0.2, 0.25) is 0 Å². The third kappa shape index (κ3) is 3.36. The first-order chi connectivity index (χ1) is 5.68. The average molecular weight is 206 g/mol. The summed E-state index contributed by atoms with van der Waals surface area (Å²) in [5.41, 5.74) is 1.71. The first-order valence-corrected chi connectivity index (χ1v) is 5.17. The zero-order chi connectivity index (χ0) is 8.97. The Kier molecular flexibility index (Phi) is 3.75. The average Bonchev–Trinajstić information content (AvgIpc) is 2.37. The monoisotopic (exact) mass is 205 g/mol. The molecule has 0 saturated heterocycles. The molecule has 1 rings (SSSR count). The summed E-state index contributed by atoms with van der Waals surface area (Å²) in [7, 11) is 0. The molecule has 0 fully saturated rings. The number of nitrogens with zero attached hydrogens (tertiary/aromatic N) is 2. The van der Waals surface area contributed by atoms with Gasteiger partial charge in [0.05, 0.1) is 0 Å². The van der Waals surface area contributed by atoms with Gasteiger partial charge in [-0.15, -0.1) is 21.8 Å². The second-order valence-corrected chi connectivity index (χ2v) is 4.38. The highest BCUT2D eigenvalue weighted by Gasteiger charge is 2.06. The molecule has 3 nitrogen and oxygen atoms in total. The molecule has 0 aliphatic heterocycles. The summed E-state index contributed by atoms with van der Waals surface area (Å²) in [6, 6.07) is 0.352. The first kappa shape index (κ1) is 9.74. The molecule has 68 valence electrons. The minimum Gasteiger partial charge on any atom is -0.358 e. The Labute approximate surface area is 81.2 Å². The summed E-state index contributed by atoms with van der Waals surface area (Å²) in [4.78, 5) is 0. The Morgan fingerprint density at radius 1 is 1.67 bits per heavy atom. The normalized spacial score (nSPS) is 15.6. The van der Waals surface area contributed by atoms with Gasteiger partial charge in [0.1, 0.15) is 5.51 Å². The second-order valence-electron chi connectivity index (χ2n) is 2.81. The quantitative estimate of drug-likeness (QED) is 0.767. The van der Waals surface area contributed by atoms with Gasteiger partial charge in [-0.3, -0.25) is 0 Å². The van der Waals surface area contributed by atoms with Gasteiger partial charge in [-0.25, -0.2) is 0 Å². The maximum Gasteiger partial charge on any atom is 0.205 e. The summed E-state index contributed by atoms with van der Waals surface area (Å²) in [6.07, 6.45) is 0.932. The van der Waals surface area contributed by atoms with Crippen LogP contribution in [0.3, 0.4) is 0 Å². The first-order valence-electron chi connectivity index (χ1n) is 3.85. The number of anilines is 1. The molecule has 0 radical (unpaired) electrons. The fourth-order valence-corrected chi connectivity index (χ4v) is 1.82. The second kappa shape index (κ2) is 4.62. The number of hydrogen-bond donors (Lipinski definition) is 1. The van der Waals surface area contributed by atoms with E-state index in [9.17, 15) is 0 Å². The van der Waals surface area contributed by atoms with Crippen LogP contribution >= 0.6 is 22.9 Å². The molecule has 1 aromatic heterocycles. The van der Waals surface area contributed by atoms with E-state index in [1.807, 2.05) is 6.92 Å². The largest absolute Gasteiger partial charge is 0.358 e. The van der Waals surface area contributed by atoms with Crippen molar-refractivity contribution < 1.29 is 0 Å². The molecule has 0 amide bonds. The summed E-state index contributed by atoms with van der Waals surface area (Å²) >= 11 is 7.34. The summed E-state index contributed by atoms with van der Waals surface area (Å²) in [5, 5.41) is 11.9. The Bertz CT molecular complexity index is 212. The van der Waals surface area contributed by atoms with Crippen LogP contribution in [0.15, 0.2) is 5.51 Å². The third-order valence-electron chi connectivity index (χ3n) is 1.41. The number of nitrogens with one attached hydrogen (secondary N) is 1. The molecular weight excluding hydrogens is 194 g/mol. The van der Waals surface area contributed by atoms with Crippen LogP contribution in [0.4, 0.5) is 5.13 Å². The van der Waals surface area contributed by atoms with Crippen LogP contribution in [-0.2, 0) is 0 Å². The molecule has 0 aliphatic rings. The maximum absolute atomic E-state index is 5.84. The zero-order valence-electron chi connectivity index (χ0n) is 7.12. The fourth-order valence-electron chi connectivity index (χ4n) is 0.993. The molecule has 1 N–H and O–H groups in total. The number of rotatable bonds is 4. The minimum atomic E-state index is 0.195. The minimum absolute atomic E-state index is 0.195. The Hall–Kier alpha value is -0.350. The van der Waals surface area contributed by atoms with E-state index in [4.69, 9.17) is 11.6 Å². The number of aromatic nitrogens is 2. The van der Waals surface area contributed by atoms with E-state index in [1.165, 1.54) is 11.3 Å². The molecule has 12 heavy (non-hydrogen) atoms.